The van der Waals surface area contributed by atoms with Crippen molar-refractivity contribution in [1.82, 2.24) is 9.80 Å². The van der Waals surface area contributed by atoms with Crippen LogP contribution in [0.2, 0.25) is 0 Å². The molecular formula is C26H30N4O12S4. The van der Waals surface area contributed by atoms with Crippen LogP contribution >= 0.6 is 23.5 Å². The lowest BCUT2D eigenvalue weighted by Crippen LogP contribution is -2.43. The van der Waals surface area contributed by atoms with Crippen LogP contribution in [-0.4, -0.2) is 94.4 Å². The highest BCUT2D eigenvalue weighted by atomic mass is 32.2. The molecule has 2 unspecified atom stereocenters. The highest BCUT2D eigenvalue weighted by molar-refractivity contribution is 8.00. The molecule has 46 heavy (non-hydrogen) atoms. The second-order valence-electron chi connectivity index (χ2n) is 10.4. The Morgan fingerprint density at radius 3 is 1.35 bits per heavy atom. The summed E-state index contributed by atoms with van der Waals surface area (Å²) < 4.78 is 47.4. The molecule has 0 aliphatic carbocycles. The number of unbranched alkanes of at least 4 members (excludes halogenated alkanes) is 1. The van der Waals surface area contributed by atoms with Crippen LogP contribution in [0.5, 0.6) is 11.5 Å². The van der Waals surface area contributed by atoms with Crippen molar-refractivity contribution < 1.29 is 56.4 Å². The summed E-state index contributed by atoms with van der Waals surface area (Å²) in [5.41, 5.74) is -0.0355. The number of rotatable bonds is 11. The molecule has 20 heteroatoms. The standard InChI is InChI=1S/C26H30N4O12S4/c27-45(39,40)13-5-7-19(31)15(9-13)23-29(17(11-43-23)25(35)36)21(33)3-1-2-4-22(34)30-18(26(37)38)12-44-24(30)16-10-14(46(28,41)42)6-8-20(16)32/h5-10,17-18,23-24,31-32H,1-4,11-12H2,(H,35,36)(H,37,38)(H2,27,39,40)(H2,28,41,42)/t17-,18-,23?,24?/m0/s1. The maximum Gasteiger partial charge on any atom is 0.327 e. The molecule has 16 nitrogen and oxygen atoms in total. The molecule has 2 aliphatic heterocycles. The van der Waals surface area contributed by atoms with Gasteiger partial charge < -0.3 is 30.2 Å². The van der Waals surface area contributed by atoms with E-state index in [1.165, 1.54) is 0 Å². The van der Waals surface area contributed by atoms with Gasteiger partial charge in [-0.2, -0.15) is 0 Å². The van der Waals surface area contributed by atoms with Gasteiger partial charge in [-0.25, -0.2) is 36.7 Å². The van der Waals surface area contributed by atoms with Gasteiger partial charge in [0.05, 0.1) is 9.79 Å². The Balaban J connectivity index is 1.48. The van der Waals surface area contributed by atoms with Crippen molar-refractivity contribution >= 4 is 67.3 Å². The summed E-state index contributed by atoms with van der Waals surface area (Å²) in [7, 11) is -8.35. The second-order valence-corrected chi connectivity index (χ2v) is 15.8. The number of hydrogen-bond donors (Lipinski definition) is 6. The summed E-state index contributed by atoms with van der Waals surface area (Å²) in [6.45, 7) is 0. The first-order valence-corrected chi connectivity index (χ1v) is 18.6. The fourth-order valence-electron chi connectivity index (χ4n) is 5.11. The van der Waals surface area contributed by atoms with Crippen molar-refractivity contribution in [3.05, 3.63) is 47.5 Å². The molecule has 8 N–H and O–H groups in total. The highest BCUT2D eigenvalue weighted by Crippen LogP contribution is 2.47. The molecule has 2 fully saturated rings. The van der Waals surface area contributed by atoms with Crippen molar-refractivity contribution in [1.29, 1.82) is 0 Å². The number of aromatic hydroxyl groups is 2. The monoisotopic (exact) mass is 718 g/mol. The van der Waals surface area contributed by atoms with Gasteiger partial charge in [0, 0.05) is 35.5 Å². The molecule has 0 bridgehead atoms. The zero-order valence-corrected chi connectivity index (χ0v) is 27.0. The van der Waals surface area contributed by atoms with Gasteiger partial charge in [0.1, 0.15) is 34.3 Å². The van der Waals surface area contributed by atoms with Crippen LogP contribution in [0.25, 0.3) is 0 Å². The molecule has 0 aromatic heterocycles. The molecule has 2 amide bonds. The van der Waals surface area contributed by atoms with Crippen LogP contribution in [0, 0.1) is 0 Å². The van der Waals surface area contributed by atoms with E-state index in [4.69, 9.17) is 10.3 Å². The first-order valence-electron chi connectivity index (χ1n) is 13.4. The minimum atomic E-state index is -4.17. The highest BCUT2D eigenvalue weighted by Gasteiger charge is 2.44. The van der Waals surface area contributed by atoms with Crippen molar-refractivity contribution in [2.75, 3.05) is 11.5 Å². The Morgan fingerprint density at radius 1 is 0.696 bits per heavy atom. The van der Waals surface area contributed by atoms with Gasteiger partial charge in [-0.05, 0) is 49.2 Å². The molecule has 250 valence electrons. The number of thioether (sulfide) groups is 2. The third kappa shape index (κ3) is 7.52. The molecular weight excluding hydrogens is 689 g/mol. The average molecular weight is 719 g/mol. The summed E-state index contributed by atoms with van der Waals surface area (Å²) >= 11 is 2.02. The summed E-state index contributed by atoms with van der Waals surface area (Å²) in [5, 5.41) is 48.6. The van der Waals surface area contributed by atoms with E-state index < -0.39 is 66.6 Å². The molecule has 0 saturated carbocycles. The number of nitrogens with two attached hydrogens (primary N) is 2. The number of sulfonamides is 2. The molecule has 2 aromatic carbocycles. The van der Waals surface area contributed by atoms with Crippen molar-refractivity contribution in [3.8, 4) is 11.5 Å². The maximum atomic E-state index is 13.3. The normalized spacial score (nSPS) is 21.8. The molecule has 0 spiro atoms. The third-order valence-electron chi connectivity index (χ3n) is 7.37. The van der Waals surface area contributed by atoms with E-state index in [0.717, 1.165) is 69.7 Å². The fraction of sp³-hybridized carbons (Fsp3) is 0.385. The van der Waals surface area contributed by atoms with Gasteiger partial charge in [0.2, 0.25) is 31.9 Å². The van der Waals surface area contributed by atoms with Gasteiger partial charge in [-0.3, -0.25) is 9.59 Å². The first kappa shape index (κ1) is 35.3. The van der Waals surface area contributed by atoms with E-state index in [9.17, 15) is 56.4 Å². The number of hydrogen-bond acceptors (Lipinski definition) is 12. The lowest BCUT2D eigenvalue weighted by Gasteiger charge is -2.29. The smallest absolute Gasteiger partial charge is 0.327 e. The Bertz CT molecular complexity index is 1660. The van der Waals surface area contributed by atoms with Crippen LogP contribution in [-0.2, 0) is 39.2 Å². The predicted octanol–water partition coefficient (Wildman–Crippen LogP) is 0.708. The Kier molecular flexibility index (Phi) is 10.5. The number of nitrogens with zero attached hydrogens (tertiary/aromatic N) is 2. The lowest BCUT2D eigenvalue weighted by atomic mass is 10.1. The lowest BCUT2D eigenvalue weighted by molar-refractivity contribution is -0.149. The number of aliphatic carboxylic acids is 2. The number of carboxylic acid groups (broad SMARTS) is 2. The molecule has 2 heterocycles. The number of carboxylic acids is 2. The Morgan fingerprint density at radius 2 is 1.04 bits per heavy atom. The number of benzene rings is 2. The van der Waals surface area contributed by atoms with Gasteiger partial charge in [0.25, 0.3) is 0 Å². The summed E-state index contributed by atoms with van der Waals surface area (Å²) in [5.74, 6) is -4.74. The van der Waals surface area contributed by atoms with Crippen LogP contribution in [0.4, 0.5) is 0 Å². The van der Waals surface area contributed by atoms with Crippen molar-refractivity contribution in [2.24, 2.45) is 10.3 Å². The van der Waals surface area contributed by atoms with E-state index in [2.05, 4.69) is 0 Å². The second kappa shape index (κ2) is 13.7. The summed E-state index contributed by atoms with van der Waals surface area (Å²) in [6.07, 6.45) is -0.323. The minimum Gasteiger partial charge on any atom is -0.508 e. The number of phenolic OH excluding ortho intramolecular Hbond substituents is 2. The topological polar surface area (TPSA) is 276 Å². The minimum absolute atomic E-state index is 0.0177. The number of carbonyl (C=O) groups excluding carboxylic acids is 2. The number of primary sulfonamides is 2. The van der Waals surface area contributed by atoms with Crippen LogP contribution in [0.1, 0.15) is 47.6 Å². The zero-order valence-electron chi connectivity index (χ0n) is 23.8. The quantitative estimate of drug-likeness (QED) is 0.175. The fourth-order valence-corrected chi connectivity index (χ4v) is 9.13. The number of phenols is 2. The van der Waals surface area contributed by atoms with Gasteiger partial charge in [-0.15, -0.1) is 23.5 Å². The van der Waals surface area contributed by atoms with Gasteiger partial charge in [-0.1, -0.05) is 0 Å². The van der Waals surface area contributed by atoms with Crippen molar-refractivity contribution in [2.45, 2.75) is 58.3 Å². The van der Waals surface area contributed by atoms with Gasteiger partial charge in [0.15, 0.2) is 0 Å². The summed E-state index contributed by atoms with van der Waals surface area (Å²) in [6, 6.07) is 3.87. The predicted molar refractivity (Wildman–Crippen MR) is 164 cm³/mol. The van der Waals surface area contributed by atoms with Crippen LogP contribution < -0.4 is 10.3 Å². The number of carbonyl (C=O) groups is 4. The molecule has 2 aliphatic rings. The van der Waals surface area contributed by atoms with Gasteiger partial charge >= 0.3 is 11.9 Å². The molecule has 0 radical (unpaired) electrons. The Hall–Kier alpha value is -3.56. The third-order valence-corrected chi connectivity index (χ3v) is 11.8. The largest absolute Gasteiger partial charge is 0.508 e. The molecule has 2 saturated heterocycles. The van der Waals surface area contributed by atoms with Crippen LogP contribution in [0.15, 0.2) is 46.2 Å². The van der Waals surface area contributed by atoms with E-state index in [1.807, 2.05) is 0 Å². The molecule has 4 atom stereocenters. The van der Waals surface area contributed by atoms with E-state index in [-0.39, 0.29) is 69.6 Å². The maximum absolute atomic E-state index is 13.3. The molecule has 2 aromatic rings. The zero-order chi connectivity index (χ0) is 34.1. The average Bonchev–Trinajstić information content (AvgIpc) is 3.60. The van der Waals surface area contributed by atoms with E-state index in [1.54, 1.807) is 0 Å². The van der Waals surface area contributed by atoms with Crippen molar-refractivity contribution in [3.63, 3.8) is 0 Å². The van der Waals surface area contributed by atoms with E-state index in [0.29, 0.717) is 0 Å². The van der Waals surface area contributed by atoms with Crippen LogP contribution in [0.3, 0.4) is 0 Å². The Labute approximate surface area is 271 Å². The SMILES string of the molecule is NS(=O)(=O)c1ccc(O)c(C2SC[C@@H](C(=O)O)N2C(=O)CCCCC(=O)N2C(c3cc(S(N)(=O)=O)ccc3O)SC[C@H]2C(=O)O)c1. The summed E-state index contributed by atoms with van der Waals surface area (Å²) in [4.78, 5) is 52.0. The van der Waals surface area contributed by atoms with E-state index >= 15 is 0 Å². The first-order chi connectivity index (χ1) is 21.4. The number of amides is 2. The molecule has 4 rings (SSSR count).